The van der Waals surface area contributed by atoms with Gasteiger partial charge in [-0.05, 0) is 24.1 Å². The minimum Gasteiger partial charge on any atom is -0.227 e. The highest BCUT2D eigenvalue weighted by atomic mass is 15.0. The van der Waals surface area contributed by atoms with Crippen molar-refractivity contribution in [1.29, 1.82) is 0 Å². The predicted octanol–water partition coefficient (Wildman–Crippen LogP) is 3.40. The van der Waals surface area contributed by atoms with Crippen molar-refractivity contribution in [2.45, 2.75) is 6.42 Å². The van der Waals surface area contributed by atoms with Crippen LogP contribution >= 0.6 is 0 Å². The maximum Gasteiger partial charge on any atom is 0.153 e. The highest BCUT2D eigenvalue weighted by Gasteiger charge is 2.13. The number of allylic oxidation sites excluding steroid dienone is 3. The third kappa shape index (κ3) is 2.16. The molecule has 2 aliphatic rings. The zero-order valence-corrected chi connectivity index (χ0v) is 9.38. The van der Waals surface area contributed by atoms with Crippen molar-refractivity contribution in [3.05, 3.63) is 65.9 Å². The molecule has 1 aromatic carbocycles. The van der Waals surface area contributed by atoms with E-state index in [1.54, 1.807) is 0 Å². The smallest absolute Gasteiger partial charge is 0.153 e. The summed E-state index contributed by atoms with van der Waals surface area (Å²) in [5.74, 6) is 0.779. The van der Waals surface area contributed by atoms with E-state index < -0.39 is 0 Å². The van der Waals surface area contributed by atoms with Gasteiger partial charge in [-0.3, -0.25) is 0 Å². The van der Waals surface area contributed by atoms with Crippen LogP contribution in [0.25, 0.3) is 6.08 Å². The first kappa shape index (κ1) is 9.97. The summed E-state index contributed by atoms with van der Waals surface area (Å²) < 4.78 is 0. The van der Waals surface area contributed by atoms with Crippen molar-refractivity contribution in [2.24, 2.45) is 9.98 Å². The van der Waals surface area contributed by atoms with Crippen molar-refractivity contribution >= 4 is 17.6 Å². The van der Waals surface area contributed by atoms with Crippen LogP contribution < -0.4 is 0 Å². The molecule has 82 valence electrons. The molecule has 0 radical (unpaired) electrons. The fraction of sp³-hybridized carbons (Fsp3) is 0.0667. The van der Waals surface area contributed by atoms with E-state index in [0.29, 0.717) is 0 Å². The van der Waals surface area contributed by atoms with Gasteiger partial charge in [0.25, 0.3) is 0 Å². The van der Waals surface area contributed by atoms with E-state index >= 15 is 0 Å². The number of rotatable bonds is 2. The first-order valence-electron chi connectivity index (χ1n) is 5.69. The molecular weight excluding hydrogens is 208 g/mol. The van der Waals surface area contributed by atoms with Gasteiger partial charge in [0.05, 0.1) is 11.4 Å². The number of amidine groups is 1. The molecule has 1 aliphatic heterocycles. The maximum absolute atomic E-state index is 4.46. The molecule has 17 heavy (non-hydrogen) atoms. The topological polar surface area (TPSA) is 24.7 Å². The van der Waals surface area contributed by atoms with Crippen LogP contribution in [0.3, 0.4) is 0 Å². The van der Waals surface area contributed by atoms with Gasteiger partial charge in [-0.2, -0.15) is 0 Å². The van der Waals surface area contributed by atoms with E-state index in [2.05, 4.69) is 34.3 Å². The summed E-state index contributed by atoms with van der Waals surface area (Å²) in [4.78, 5) is 8.91. The van der Waals surface area contributed by atoms with Gasteiger partial charge >= 0.3 is 0 Å². The third-order valence-corrected chi connectivity index (χ3v) is 2.68. The predicted molar refractivity (Wildman–Crippen MR) is 72.2 cm³/mol. The van der Waals surface area contributed by atoms with Gasteiger partial charge in [0, 0.05) is 0 Å². The highest BCUT2D eigenvalue weighted by molar-refractivity contribution is 6.21. The fourth-order valence-corrected chi connectivity index (χ4v) is 1.83. The standard InChI is InChI=1S/C15H12N2/c1-2-6-12(7-3-1)10-11-15-16-13-8-4-5-9-14(13)17-15/h1-4,6-11H,5H2. The Morgan fingerprint density at radius 2 is 1.88 bits per heavy atom. The van der Waals surface area contributed by atoms with Crippen LogP contribution in [0.1, 0.15) is 12.0 Å². The minimum absolute atomic E-state index is 0.779. The van der Waals surface area contributed by atoms with Crippen LogP contribution in [0.2, 0.25) is 0 Å². The van der Waals surface area contributed by atoms with Gasteiger partial charge in [-0.1, -0.05) is 48.6 Å². The largest absolute Gasteiger partial charge is 0.227 e. The Morgan fingerprint density at radius 1 is 1.00 bits per heavy atom. The van der Waals surface area contributed by atoms with Gasteiger partial charge in [0.2, 0.25) is 0 Å². The Morgan fingerprint density at radius 3 is 2.71 bits per heavy atom. The summed E-state index contributed by atoms with van der Waals surface area (Å²) >= 11 is 0. The molecule has 0 saturated carbocycles. The molecule has 2 heteroatoms. The van der Waals surface area contributed by atoms with Crippen LogP contribution in [0.5, 0.6) is 0 Å². The molecular formula is C15H12N2. The number of hydrogen-bond donors (Lipinski definition) is 0. The lowest BCUT2D eigenvalue weighted by Gasteiger charge is -1.98. The average Bonchev–Trinajstić information content (AvgIpc) is 2.80. The molecule has 1 heterocycles. The number of hydrogen-bond acceptors (Lipinski definition) is 2. The van der Waals surface area contributed by atoms with Crippen molar-refractivity contribution in [3.8, 4) is 0 Å². The van der Waals surface area contributed by atoms with E-state index in [0.717, 1.165) is 29.2 Å². The summed E-state index contributed by atoms with van der Waals surface area (Å²) in [7, 11) is 0. The molecule has 0 N–H and O–H groups in total. The molecule has 0 spiro atoms. The van der Waals surface area contributed by atoms with Gasteiger partial charge in [0.1, 0.15) is 0 Å². The van der Waals surface area contributed by atoms with Crippen LogP contribution in [0.4, 0.5) is 0 Å². The SMILES string of the molecule is C1=CC2=NC(C=Cc3ccccc3)=NC2=CC1. The molecule has 0 atom stereocenters. The van der Waals surface area contributed by atoms with Crippen LogP contribution in [0.15, 0.2) is 70.3 Å². The van der Waals surface area contributed by atoms with Gasteiger partial charge in [-0.25, -0.2) is 9.98 Å². The van der Waals surface area contributed by atoms with E-state index in [4.69, 9.17) is 0 Å². The van der Waals surface area contributed by atoms with E-state index in [9.17, 15) is 0 Å². The Balaban J connectivity index is 1.82. The minimum atomic E-state index is 0.779. The molecule has 1 aromatic rings. The molecule has 2 nitrogen and oxygen atoms in total. The molecule has 0 amide bonds. The number of benzene rings is 1. The van der Waals surface area contributed by atoms with Crippen molar-refractivity contribution in [1.82, 2.24) is 0 Å². The molecule has 0 saturated heterocycles. The summed E-state index contributed by atoms with van der Waals surface area (Å²) in [6.07, 6.45) is 11.2. The van der Waals surface area contributed by atoms with E-state index in [1.165, 1.54) is 0 Å². The summed E-state index contributed by atoms with van der Waals surface area (Å²) in [5, 5.41) is 0. The van der Waals surface area contributed by atoms with Gasteiger partial charge in [0.15, 0.2) is 5.84 Å². The first-order chi connectivity index (χ1) is 8.42. The molecule has 0 unspecified atom stereocenters. The summed E-state index contributed by atoms with van der Waals surface area (Å²) in [6.45, 7) is 0. The second-order valence-electron chi connectivity index (χ2n) is 3.94. The van der Waals surface area contributed by atoms with Crippen molar-refractivity contribution in [2.75, 3.05) is 0 Å². The van der Waals surface area contributed by atoms with Crippen molar-refractivity contribution < 1.29 is 0 Å². The zero-order valence-electron chi connectivity index (χ0n) is 9.38. The monoisotopic (exact) mass is 220 g/mol. The van der Waals surface area contributed by atoms with Crippen LogP contribution in [-0.4, -0.2) is 11.5 Å². The van der Waals surface area contributed by atoms with E-state index in [1.807, 2.05) is 36.4 Å². The number of aliphatic imine (C=N–C) groups is 2. The molecule has 1 aliphatic carbocycles. The Bertz CT molecular complexity index is 572. The van der Waals surface area contributed by atoms with Crippen molar-refractivity contribution in [3.63, 3.8) is 0 Å². The summed E-state index contributed by atoms with van der Waals surface area (Å²) in [6, 6.07) is 10.2. The lowest BCUT2D eigenvalue weighted by Crippen LogP contribution is -1.95. The molecule has 0 aromatic heterocycles. The third-order valence-electron chi connectivity index (χ3n) is 2.68. The van der Waals surface area contributed by atoms with Gasteiger partial charge in [-0.15, -0.1) is 0 Å². The fourth-order valence-electron chi connectivity index (χ4n) is 1.83. The molecule has 0 bridgehead atoms. The maximum atomic E-state index is 4.46. The molecule has 0 fully saturated rings. The highest BCUT2D eigenvalue weighted by Crippen LogP contribution is 2.17. The quantitative estimate of drug-likeness (QED) is 0.729. The Hall–Kier alpha value is -2.22. The van der Waals surface area contributed by atoms with Crippen LogP contribution in [0, 0.1) is 0 Å². The normalized spacial score (nSPS) is 17.8. The average molecular weight is 220 g/mol. The lowest BCUT2D eigenvalue weighted by atomic mass is 10.1. The number of fused-ring (bicyclic) bond motifs is 1. The second kappa shape index (κ2) is 4.34. The summed E-state index contributed by atoms with van der Waals surface area (Å²) in [5.41, 5.74) is 3.14. The second-order valence-corrected chi connectivity index (χ2v) is 3.94. The zero-order chi connectivity index (χ0) is 11.5. The lowest BCUT2D eigenvalue weighted by molar-refractivity contribution is 1.31. The molecule has 3 rings (SSSR count). The first-order valence-corrected chi connectivity index (χ1v) is 5.69. The van der Waals surface area contributed by atoms with Gasteiger partial charge < -0.3 is 0 Å². The Kier molecular flexibility index (Phi) is 2.54. The van der Waals surface area contributed by atoms with Crippen LogP contribution in [-0.2, 0) is 0 Å². The van der Waals surface area contributed by atoms with E-state index in [-0.39, 0.29) is 0 Å². The number of nitrogens with zero attached hydrogens (tertiary/aromatic N) is 2. The Labute approximate surface area is 100 Å².